The molecule has 0 N–H and O–H groups in total. The molecule has 1 fully saturated rings. The number of benzene rings is 1. The maximum Gasteiger partial charge on any atom is 0.336 e. The van der Waals surface area contributed by atoms with Crippen LogP contribution in [-0.2, 0) is 19.1 Å². The van der Waals surface area contributed by atoms with Crippen molar-refractivity contribution in [1.29, 1.82) is 0 Å². The van der Waals surface area contributed by atoms with Crippen LogP contribution in [0.15, 0.2) is 36.0 Å². The zero-order valence-electron chi connectivity index (χ0n) is 13.5. The first-order valence-corrected chi connectivity index (χ1v) is 7.92. The molecule has 0 radical (unpaired) electrons. The summed E-state index contributed by atoms with van der Waals surface area (Å²) in [5.41, 5.74) is 2.11. The predicted octanol–water partition coefficient (Wildman–Crippen LogP) is 2.76. The fraction of sp³-hybridized carbons (Fsp3) is 0.444. The normalized spacial score (nSPS) is 20.7. The molecule has 0 saturated heterocycles. The van der Waals surface area contributed by atoms with Crippen molar-refractivity contribution in [3.05, 3.63) is 41.6 Å². The lowest BCUT2D eigenvalue weighted by Crippen LogP contribution is -2.36. The Bertz CT molecular complexity index is 646. The van der Waals surface area contributed by atoms with E-state index < -0.39 is 17.9 Å². The number of esters is 2. The Morgan fingerprint density at radius 1 is 1.09 bits per heavy atom. The maximum absolute atomic E-state index is 12.3. The van der Waals surface area contributed by atoms with Crippen LogP contribution < -0.4 is 4.90 Å². The third-order valence-corrected chi connectivity index (χ3v) is 4.69. The molecule has 0 spiro atoms. The second kappa shape index (κ2) is 6.44. The molecule has 3 rings (SSSR count). The predicted molar refractivity (Wildman–Crippen MR) is 86.0 cm³/mol. The van der Waals surface area contributed by atoms with E-state index in [-0.39, 0.29) is 0 Å². The van der Waals surface area contributed by atoms with Crippen molar-refractivity contribution in [1.82, 2.24) is 0 Å². The molecule has 1 aromatic carbocycles. The van der Waals surface area contributed by atoms with Gasteiger partial charge >= 0.3 is 11.9 Å². The Morgan fingerprint density at radius 3 is 2.43 bits per heavy atom. The van der Waals surface area contributed by atoms with E-state index in [9.17, 15) is 9.59 Å². The molecule has 5 heteroatoms. The van der Waals surface area contributed by atoms with Gasteiger partial charge in [0.05, 0.1) is 19.8 Å². The minimum Gasteiger partial charge on any atom is -0.468 e. The van der Waals surface area contributed by atoms with Crippen molar-refractivity contribution in [2.45, 2.75) is 37.6 Å². The summed E-state index contributed by atoms with van der Waals surface area (Å²) in [5.74, 6) is -1.67. The first-order chi connectivity index (χ1) is 11.2. The molecule has 1 aliphatic carbocycles. The highest BCUT2D eigenvalue weighted by atomic mass is 16.5. The van der Waals surface area contributed by atoms with Crippen molar-refractivity contribution >= 4 is 17.6 Å². The van der Waals surface area contributed by atoms with Gasteiger partial charge in [0.25, 0.3) is 0 Å². The molecule has 2 aliphatic rings. The van der Waals surface area contributed by atoms with Gasteiger partial charge < -0.3 is 14.4 Å². The largest absolute Gasteiger partial charge is 0.468 e. The van der Waals surface area contributed by atoms with E-state index in [1.807, 2.05) is 24.3 Å². The third-order valence-electron chi connectivity index (χ3n) is 4.69. The van der Waals surface area contributed by atoms with Crippen LogP contribution in [-0.4, -0.2) is 32.2 Å². The monoisotopic (exact) mass is 315 g/mol. The Kier molecular flexibility index (Phi) is 4.37. The van der Waals surface area contributed by atoms with Crippen LogP contribution in [0.5, 0.6) is 0 Å². The molecule has 122 valence electrons. The molecular formula is C18H21NO4. The first-order valence-electron chi connectivity index (χ1n) is 7.92. The van der Waals surface area contributed by atoms with Gasteiger partial charge in [0.2, 0.25) is 0 Å². The summed E-state index contributed by atoms with van der Waals surface area (Å²) in [7, 11) is 2.67. The molecule has 1 saturated carbocycles. The molecule has 5 nitrogen and oxygen atoms in total. The Morgan fingerprint density at radius 2 is 1.78 bits per heavy atom. The van der Waals surface area contributed by atoms with Gasteiger partial charge in [-0.05, 0) is 24.5 Å². The first kappa shape index (κ1) is 15.6. The topological polar surface area (TPSA) is 55.8 Å². The molecule has 1 aromatic rings. The molecule has 1 aliphatic heterocycles. The van der Waals surface area contributed by atoms with Gasteiger partial charge in [-0.15, -0.1) is 0 Å². The van der Waals surface area contributed by atoms with Crippen molar-refractivity contribution in [3.8, 4) is 0 Å². The SMILES string of the molecule is COC(=O)C1=CN(C2CCCC2)c2ccccc2[C@@H]1C(=O)OC. The number of ether oxygens (including phenoxy) is 2. The summed E-state index contributed by atoms with van der Waals surface area (Å²) in [6.07, 6.45) is 6.33. The number of carbonyl (C=O) groups excluding carboxylic acids is 2. The highest BCUT2D eigenvalue weighted by Crippen LogP contribution is 2.42. The summed E-state index contributed by atoms with van der Waals surface area (Å²) in [6, 6.07) is 8.06. The third kappa shape index (κ3) is 2.71. The summed E-state index contributed by atoms with van der Waals surface area (Å²) < 4.78 is 9.83. The fourth-order valence-electron chi connectivity index (χ4n) is 3.57. The Labute approximate surface area is 135 Å². The van der Waals surface area contributed by atoms with Gasteiger partial charge in [-0.3, -0.25) is 4.79 Å². The number of para-hydroxylation sites is 1. The van der Waals surface area contributed by atoms with E-state index in [4.69, 9.17) is 9.47 Å². The Hall–Kier alpha value is -2.30. The van der Waals surface area contributed by atoms with E-state index >= 15 is 0 Å². The average Bonchev–Trinajstić information content (AvgIpc) is 3.13. The van der Waals surface area contributed by atoms with E-state index in [2.05, 4.69) is 4.90 Å². The Balaban J connectivity index is 2.12. The smallest absolute Gasteiger partial charge is 0.336 e. The number of fused-ring (bicyclic) bond motifs is 1. The highest BCUT2D eigenvalue weighted by molar-refractivity contribution is 6.01. The lowest BCUT2D eigenvalue weighted by atomic mass is 9.86. The molecule has 0 aromatic heterocycles. The minimum atomic E-state index is -0.735. The zero-order valence-corrected chi connectivity index (χ0v) is 13.5. The summed E-state index contributed by atoms with van der Waals surface area (Å²) in [4.78, 5) is 26.7. The van der Waals surface area contributed by atoms with Gasteiger partial charge in [0, 0.05) is 17.9 Å². The van der Waals surface area contributed by atoms with E-state index in [1.165, 1.54) is 27.1 Å². The number of carbonyl (C=O) groups is 2. The van der Waals surface area contributed by atoms with Crippen LogP contribution in [0.3, 0.4) is 0 Å². The number of hydrogen-bond donors (Lipinski definition) is 0. The van der Waals surface area contributed by atoms with Gasteiger partial charge in [-0.1, -0.05) is 31.0 Å². The average molecular weight is 315 g/mol. The van der Waals surface area contributed by atoms with E-state index in [0.29, 0.717) is 11.6 Å². The molecule has 0 bridgehead atoms. The van der Waals surface area contributed by atoms with Gasteiger partial charge in [0.15, 0.2) is 0 Å². The van der Waals surface area contributed by atoms with Crippen molar-refractivity contribution in [2.75, 3.05) is 19.1 Å². The number of hydrogen-bond acceptors (Lipinski definition) is 5. The van der Waals surface area contributed by atoms with Crippen LogP contribution >= 0.6 is 0 Å². The zero-order chi connectivity index (χ0) is 16.4. The van der Waals surface area contributed by atoms with Crippen molar-refractivity contribution in [3.63, 3.8) is 0 Å². The van der Waals surface area contributed by atoms with Gasteiger partial charge in [0.1, 0.15) is 5.92 Å². The fourth-order valence-corrected chi connectivity index (χ4v) is 3.57. The van der Waals surface area contributed by atoms with E-state index in [1.54, 1.807) is 6.20 Å². The number of anilines is 1. The molecule has 23 heavy (non-hydrogen) atoms. The second-order valence-electron chi connectivity index (χ2n) is 5.94. The molecule has 1 heterocycles. The number of nitrogens with zero attached hydrogens (tertiary/aromatic N) is 1. The summed E-state index contributed by atoms with van der Waals surface area (Å²) in [6.45, 7) is 0. The highest BCUT2D eigenvalue weighted by Gasteiger charge is 2.39. The molecular weight excluding hydrogens is 294 g/mol. The van der Waals surface area contributed by atoms with Crippen LogP contribution in [0.1, 0.15) is 37.2 Å². The quantitative estimate of drug-likeness (QED) is 0.803. The summed E-state index contributed by atoms with van der Waals surface area (Å²) in [5, 5.41) is 0. The van der Waals surface area contributed by atoms with Crippen LogP contribution in [0.2, 0.25) is 0 Å². The molecule has 0 unspecified atom stereocenters. The lowest BCUT2D eigenvalue weighted by Gasteiger charge is -2.36. The van der Waals surface area contributed by atoms with Gasteiger partial charge in [-0.2, -0.15) is 0 Å². The van der Waals surface area contributed by atoms with Crippen LogP contribution in [0, 0.1) is 0 Å². The molecule has 1 atom stereocenters. The summed E-state index contributed by atoms with van der Waals surface area (Å²) >= 11 is 0. The van der Waals surface area contributed by atoms with Gasteiger partial charge in [-0.25, -0.2) is 4.79 Å². The van der Waals surface area contributed by atoms with Crippen molar-refractivity contribution in [2.24, 2.45) is 0 Å². The van der Waals surface area contributed by atoms with Crippen LogP contribution in [0.4, 0.5) is 5.69 Å². The van der Waals surface area contributed by atoms with Crippen LogP contribution in [0.25, 0.3) is 0 Å². The second-order valence-corrected chi connectivity index (χ2v) is 5.94. The maximum atomic E-state index is 12.3. The number of rotatable bonds is 3. The minimum absolute atomic E-state index is 0.338. The molecule has 0 amide bonds. The number of methoxy groups -OCH3 is 2. The van der Waals surface area contributed by atoms with E-state index in [0.717, 1.165) is 24.1 Å². The standard InChI is InChI=1S/C18H21NO4/c1-22-17(20)14-11-19(12-7-3-4-8-12)15-10-6-5-9-13(15)16(14)18(21)23-2/h5-6,9-12,16H,3-4,7-8H2,1-2H3/t16-/m0/s1. The van der Waals surface area contributed by atoms with Crippen molar-refractivity contribution < 1.29 is 19.1 Å². The lowest BCUT2D eigenvalue weighted by molar-refractivity contribution is -0.144.